The van der Waals surface area contributed by atoms with Gasteiger partial charge in [0, 0.05) is 16.5 Å². The van der Waals surface area contributed by atoms with E-state index in [2.05, 4.69) is 24.4 Å². The summed E-state index contributed by atoms with van der Waals surface area (Å²) in [6.45, 7) is 2.06. The SMILES string of the molecule is Cc1ccc2nc3ccccc3c(Nc3cccc(F)c3)c2c1. The number of halogens is 1. The van der Waals surface area contributed by atoms with E-state index in [1.54, 1.807) is 6.07 Å². The zero-order valence-corrected chi connectivity index (χ0v) is 12.7. The third-order valence-corrected chi connectivity index (χ3v) is 3.93. The maximum atomic E-state index is 13.5. The number of nitrogens with zero attached hydrogens (tertiary/aromatic N) is 1. The zero-order valence-electron chi connectivity index (χ0n) is 12.7. The number of aryl methyl sites for hydroxylation is 1. The van der Waals surface area contributed by atoms with Crippen molar-refractivity contribution in [3.8, 4) is 0 Å². The van der Waals surface area contributed by atoms with Crippen LogP contribution in [0, 0.1) is 12.7 Å². The summed E-state index contributed by atoms with van der Waals surface area (Å²) in [5.41, 5.74) is 4.69. The van der Waals surface area contributed by atoms with Crippen LogP contribution in [0.2, 0.25) is 0 Å². The minimum Gasteiger partial charge on any atom is -0.354 e. The average molecular weight is 302 g/mol. The molecule has 0 atom stereocenters. The quantitative estimate of drug-likeness (QED) is 0.489. The Balaban J connectivity index is 2.01. The monoisotopic (exact) mass is 302 g/mol. The molecule has 3 aromatic carbocycles. The van der Waals surface area contributed by atoms with Crippen LogP contribution in [0.25, 0.3) is 21.8 Å². The van der Waals surface area contributed by atoms with Gasteiger partial charge in [-0.2, -0.15) is 0 Å². The standard InChI is InChI=1S/C20H15FN2/c1-13-9-10-19-17(11-13)20(16-7-2-3-8-18(16)23-19)22-15-6-4-5-14(21)12-15/h2-12H,1H3,(H,22,23). The number of para-hydroxylation sites is 1. The van der Waals surface area contributed by atoms with Gasteiger partial charge in [-0.05, 0) is 43.3 Å². The molecule has 4 rings (SSSR count). The van der Waals surface area contributed by atoms with E-state index in [9.17, 15) is 4.39 Å². The second kappa shape index (κ2) is 5.36. The third kappa shape index (κ3) is 2.50. The van der Waals surface area contributed by atoms with E-state index in [4.69, 9.17) is 4.98 Å². The summed E-state index contributed by atoms with van der Waals surface area (Å²) in [5.74, 6) is -0.256. The lowest BCUT2D eigenvalue weighted by Gasteiger charge is -2.14. The molecule has 0 spiro atoms. The molecule has 0 saturated carbocycles. The second-order valence-electron chi connectivity index (χ2n) is 5.66. The van der Waals surface area contributed by atoms with Crippen molar-refractivity contribution >= 4 is 33.2 Å². The Morgan fingerprint density at radius 3 is 2.52 bits per heavy atom. The molecule has 0 fully saturated rings. The molecule has 0 aliphatic heterocycles. The lowest BCUT2D eigenvalue weighted by atomic mass is 10.1. The van der Waals surface area contributed by atoms with Gasteiger partial charge >= 0.3 is 0 Å². The molecule has 4 aromatic rings. The molecule has 0 unspecified atom stereocenters. The normalized spacial score (nSPS) is 11.0. The molecule has 3 heteroatoms. The predicted molar refractivity (Wildman–Crippen MR) is 93.7 cm³/mol. The fourth-order valence-corrected chi connectivity index (χ4v) is 2.85. The summed E-state index contributed by atoms with van der Waals surface area (Å²) >= 11 is 0. The van der Waals surface area contributed by atoms with Crippen LogP contribution in [-0.2, 0) is 0 Å². The van der Waals surface area contributed by atoms with Gasteiger partial charge in [0.2, 0.25) is 0 Å². The lowest BCUT2D eigenvalue weighted by molar-refractivity contribution is 0.628. The van der Waals surface area contributed by atoms with Crippen molar-refractivity contribution in [1.29, 1.82) is 0 Å². The van der Waals surface area contributed by atoms with E-state index in [0.29, 0.717) is 0 Å². The van der Waals surface area contributed by atoms with Crippen molar-refractivity contribution < 1.29 is 4.39 Å². The summed E-state index contributed by atoms with van der Waals surface area (Å²) in [7, 11) is 0. The van der Waals surface area contributed by atoms with Gasteiger partial charge in [0.05, 0.1) is 16.7 Å². The van der Waals surface area contributed by atoms with E-state index < -0.39 is 0 Å². The van der Waals surface area contributed by atoms with Gasteiger partial charge in [0.15, 0.2) is 0 Å². The minimum absolute atomic E-state index is 0.256. The number of hydrogen-bond donors (Lipinski definition) is 1. The predicted octanol–water partition coefficient (Wildman–Crippen LogP) is 5.58. The van der Waals surface area contributed by atoms with E-state index in [1.165, 1.54) is 12.1 Å². The number of hydrogen-bond acceptors (Lipinski definition) is 2. The number of anilines is 2. The molecule has 2 nitrogen and oxygen atoms in total. The first kappa shape index (κ1) is 13.7. The fraction of sp³-hybridized carbons (Fsp3) is 0.0500. The van der Waals surface area contributed by atoms with Crippen LogP contribution < -0.4 is 5.32 Å². The van der Waals surface area contributed by atoms with Crippen LogP contribution in [0.3, 0.4) is 0 Å². The van der Waals surface area contributed by atoms with Crippen molar-refractivity contribution in [3.05, 3.63) is 78.1 Å². The van der Waals surface area contributed by atoms with Crippen LogP contribution in [0.15, 0.2) is 66.7 Å². The summed E-state index contributed by atoms with van der Waals surface area (Å²) in [6.07, 6.45) is 0. The topological polar surface area (TPSA) is 24.9 Å². The molecular weight excluding hydrogens is 287 g/mol. The Kier molecular flexibility index (Phi) is 3.19. The van der Waals surface area contributed by atoms with Crippen molar-refractivity contribution in [2.75, 3.05) is 5.32 Å². The Bertz CT molecular complexity index is 1020. The lowest BCUT2D eigenvalue weighted by Crippen LogP contribution is -1.96. The highest BCUT2D eigenvalue weighted by molar-refractivity contribution is 6.08. The molecule has 1 heterocycles. The highest BCUT2D eigenvalue weighted by atomic mass is 19.1. The number of rotatable bonds is 2. The smallest absolute Gasteiger partial charge is 0.125 e. The highest BCUT2D eigenvalue weighted by Gasteiger charge is 2.09. The molecule has 23 heavy (non-hydrogen) atoms. The zero-order chi connectivity index (χ0) is 15.8. The summed E-state index contributed by atoms with van der Waals surface area (Å²) < 4.78 is 13.5. The first-order chi connectivity index (χ1) is 11.2. The van der Waals surface area contributed by atoms with Crippen LogP contribution in [0.1, 0.15) is 5.56 Å². The molecule has 0 aliphatic rings. The molecule has 0 amide bonds. The van der Waals surface area contributed by atoms with Gasteiger partial charge in [-0.3, -0.25) is 0 Å². The number of pyridine rings is 1. The highest BCUT2D eigenvalue weighted by Crippen LogP contribution is 2.33. The van der Waals surface area contributed by atoms with Gasteiger partial charge in [-0.1, -0.05) is 35.9 Å². The minimum atomic E-state index is -0.256. The molecule has 0 radical (unpaired) electrons. The number of benzene rings is 3. The van der Waals surface area contributed by atoms with E-state index in [0.717, 1.165) is 38.7 Å². The van der Waals surface area contributed by atoms with Gasteiger partial charge in [-0.15, -0.1) is 0 Å². The molecule has 1 aromatic heterocycles. The van der Waals surface area contributed by atoms with E-state index >= 15 is 0 Å². The Labute approximate surface area is 133 Å². The Hall–Kier alpha value is -2.94. The number of fused-ring (bicyclic) bond motifs is 2. The van der Waals surface area contributed by atoms with Gasteiger partial charge in [0.25, 0.3) is 0 Å². The molecule has 0 bridgehead atoms. The Morgan fingerprint density at radius 1 is 0.826 bits per heavy atom. The molecule has 0 saturated heterocycles. The summed E-state index contributed by atoms with van der Waals surface area (Å²) in [5, 5.41) is 5.44. The van der Waals surface area contributed by atoms with Crippen LogP contribution >= 0.6 is 0 Å². The third-order valence-electron chi connectivity index (χ3n) is 3.93. The number of aromatic nitrogens is 1. The molecule has 1 N–H and O–H groups in total. The first-order valence-electron chi connectivity index (χ1n) is 7.52. The summed E-state index contributed by atoms with van der Waals surface area (Å²) in [6, 6.07) is 20.7. The second-order valence-corrected chi connectivity index (χ2v) is 5.66. The van der Waals surface area contributed by atoms with Crippen molar-refractivity contribution in [3.63, 3.8) is 0 Å². The van der Waals surface area contributed by atoms with Crippen molar-refractivity contribution in [1.82, 2.24) is 4.98 Å². The number of nitrogens with one attached hydrogen (secondary N) is 1. The maximum absolute atomic E-state index is 13.5. The van der Waals surface area contributed by atoms with Gasteiger partial charge in [0.1, 0.15) is 5.82 Å². The molecular formula is C20H15FN2. The van der Waals surface area contributed by atoms with Crippen LogP contribution in [0.5, 0.6) is 0 Å². The van der Waals surface area contributed by atoms with Gasteiger partial charge in [-0.25, -0.2) is 9.37 Å². The molecule has 0 aliphatic carbocycles. The molecule has 112 valence electrons. The largest absolute Gasteiger partial charge is 0.354 e. The van der Waals surface area contributed by atoms with Gasteiger partial charge < -0.3 is 5.32 Å². The first-order valence-corrected chi connectivity index (χ1v) is 7.52. The van der Waals surface area contributed by atoms with Crippen LogP contribution in [-0.4, -0.2) is 4.98 Å². The maximum Gasteiger partial charge on any atom is 0.125 e. The van der Waals surface area contributed by atoms with Crippen LogP contribution in [0.4, 0.5) is 15.8 Å². The fourth-order valence-electron chi connectivity index (χ4n) is 2.85. The average Bonchev–Trinajstić information content (AvgIpc) is 2.55. The summed E-state index contributed by atoms with van der Waals surface area (Å²) in [4.78, 5) is 4.72. The van der Waals surface area contributed by atoms with Crippen molar-refractivity contribution in [2.45, 2.75) is 6.92 Å². The van der Waals surface area contributed by atoms with Crippen molar-refractivity contribution in [2.24, 2.45) is 0 Å². The van der Waals surface area contributed by atoms with E-state index in [-0.39, 0.29) is 5.82 Å². The van der Waals surface area contributed by atoms with E-state index in [1.807, 2.05) is 36.4 Å². The Morgan fingerprint density at radius 2 is 1.65 bits per heavy atom.